The Morgan fingerprint density at radius 1 is 1.35 bits per heavy atom. The van der Waals surface area contributed by atoms with E-state index in [0.717, 1.165) is 30.6 Å². The summed E-state index contributed by atoms with van der Waals surface area (Å²) in [5, 5.41) is 0. The molecule has 2 aromatic rings. The van der Waals surface area contributed by atoms with Crippen LogP contribution >= 0.6 is 0 Å². The van der Waals surface area contributed by atoms with Gasteiger partial charge in [0.2, 0.25) is 5.88 Å². The van der Waals surface area contributed by atoms with Gasteiger partial charge in [0.1, 0.15) is 11.8 Å². The lowest BCUT2D eigenvalue weighted by Crippen LogP contribution is -2.51. The Morgan fingerprint density at radius 3 is 2.95 bits per heavy atom. The van der Waals surface area contributed by atoms with E-state index in [9.17, 15) is 4.79 Å². The van der Waals surface area contributed by atoms with E-state index >= 15 is 0 Å². The number of carbonyl (C=O) groups is 1. The van der Waals surface area contributed by atoms with Crippen molar-refractivity contribution in [3.05, 3.63) is 42.2 Å². The van der Waals surface area contributed by atoms with E-state index < -0.39 is 0 Å². The van der Waals surface area contributed by atoms with Gasteiger partial charge in [0.25, 0.3) is 0 Å². The molecule has 102 valence electrons. The second-order valence-electron chi connectivity index (χ2n) is 4.91. The summed E-state index contributed by atoms with van der Waals surface area (Å²) in [4.78, 5) is 21.4. The summed E-state index contributed by atoms with van der Waals surface area (Å²) in [6, 6.07) is 9.20. The predicted molar refractivity (Wildman–Crippen MR) is 74.8 cm³/mol. The topological polar surface area (TPSA) is 55.3 Å². The van der Waals surface area contributed by atoms with Gasteiger partial charge >= 0.3 is 0 Å². The van der Waals surface area contributed by atoms with Crippen LogP contribution in [-0.2, 0) is 0 Å². The largest absolute Gasteiger partial charge is 0.472 e. The van der Waals surface area contributed by atoms with Crippen molar-refractivity contribution in [2.45, 2.75) is 6.10 Å². The van der Waals surface area contributed by atoms with Gasteiger partial charge in [-0.3, -0.25) is 14.7 Å². The molecule has 1 aliphatic rings. The summed E-state index contributed by atoms with van der Waals surface area (Å²) in [7, 11) is 2.06. The third-order valence-electron chi connectivity index (χ3n) is 3.24. The monoisotopic (exact) mass is 269 g/mol. The average Bonchev–Trinajstić information content (AvgIpc) is 2.46. The van der Waals surface area contributed by atoms with E-state index in [1.807, 2.05) is 24.3 Å². The molecule has 5 heteroatoms. The van der Waals surface area contributed by atoms with Gasteiger partial charge in [-0.2, -0.15) is 0 Å². The van der Waals surface area contributed by atoms with E-state index in [4.69, 9.17) is 4.74 Å². The summed E-state index contributed by atoms with van der Waals surface area (Å²) < 4.78 is 5.80. The molecule has 0 atom stereocenters. The fourth-order valence-corrected chi connectivity index (χ4v) is 2.20. The van der Waals surface area contributed by atoms with Gasteiger partial charge in [-0.25, -0.2) is 4.98 Å². The Hall–Kier alpha value is -2.27. The highest BCUT2D eigenvalue weighted by atomic mass is 16.5. The number of likely N-dealkylation sites (tertiary alicyclic amines) is 1. The second kappa shape index (κ2) is 5.38. The van der Waals surface area contributed by atoms with E-state index in [1.54, 1.807) is 12.3 Å². The number of ether oxygens (including phenoxy) is 1. The number of aldehydes is 1. The maximum absolute atomic E-state index is 10.8. The summed E-state index contributed by atoms with van der Waals surface area (Å²) in [5.74, 6) is 0.616. The van der Waals surface area contributed by atoms with Crippen LogP contribution in [0.25, 0.3) is 11.3 Å². The molecule has 0 saturated carbocycles. The molecule has 0 bridgehead atoms. The molecule has 3 heterocycles. The standard InChI is InChI=1S/C15H15N3O2/c1-18-8-13(9-18)20-15-4-2-3-14(17-15)11-5-6-16-12(7-11)10-19/h2-7,10,13H,8-9H2,1H3. The second-order valence-corrected chi connectivity index (χ2v) is 4.91. The van der Waals surface area contributed by atoms with Crippen molar-refractivity contribution >= 4 is 6.29 Å². The van der Waals surface area contributed by atoms with E-state index in [2.05, 4.69) is 21.9 Å². The zero-order valence-corrected chi connectivity index (χ0v) is 11.2. The Balaban J connectivity index is 1.81. The highest BCUT2D eigenvalue weighted by Gasteiger charge is 2.25. The van der Waals surface area contributed by atoms with Crippen LogP contribution in [-0.4, -0.2) is 47.4 Å². The van der Waals surface area contributed by atoms with Gasteiger partial charge < -0.3 is 4.74 Å². The van der Waals surface area contributed by atoms with Gasteiger partial charge in [-0.1, -0.05) is 6.07 Å². The quantitative estimate of drug-likeness (QED) is 0.790. The fraction of sp³-hybridized carbons (Fsp3) is 0.267. The summed E-state index contributed by atoms with van der Waals surface area (Å²) in [6.45, 7) is 1.85. The zero-order chi connectivity index (χ0) is 13.9. The third kappa shape index (κ3) is 2.67. The van der Waals surface area contributed by atoms with Crippen molar-refractivity contribution in [1.82, 2.24) is 14.9 Å². The molecular weight excluding hydrogens is 254 g/mol. The number of pyridine rings is 2. The van der Waals surface area contributed by atoms with Crippen molar-refractivity contribution < 1.29 is 9.53 Å². The lowest BCUT2D eigenvalue weighted by molar-refractivity contribution is 0.0357. The van der Waals surface area contributed by atoms with Crippen LogP contribution in [0.4, 0.5) is 0 Å². The van der Waals surface area contributed by atoms with Crippen molar-refractivity contribution in [3.63, 3.8) is 0 Å². The SMILES string of the molecule is CN1CC(Oc2cccc(-c3ccnc(C=O)c3)n2)C1. The molecule has 3 rings (SSSR count). The molecule has 0 aromatic carbocycles. The highest BCUT2D eigenvalue weighted by Crippen LogP contribution is 2.21. The van der Waals surface area contributed by atoms with Crippen LogP contribution in [0.15, 0.2) is 36.5 Å². The normalized spacial score (nSPS) is 15.7. The van der Waals surface area contributed by atoms with Gasteiger partial charge in [0.05, 0.1) is 5.69 Å². The first-order chi connectivity index (χ1) is 9.74. The molecule has 1 saturated heterocycles. The third-order valence-corrected chi connectivity index (χ3v) is 3.24. The smallest absolute Gasteiger partial charge is 0.214 e. The van der Waals surface area contributed by atoms with E-state index in [1.165, 1.54) is 0 Å². The maximum atomic E-state index is 10.8. The first-order valence-corrected chi connectivity index (χ1v) is 6.48. The minimum absolute atomic E-state index is 0.214. The Kier molecular flexibility index (Phi) is 3.43. The van der Waals surface area contributed by atoms with E-state index in [-0.39, 0.29) is 6.10 Å². The van der Waals surface area contributed by atoms with Crippen molar-refractivity contribution in [3.8, 4) is 17.1 Å². The molecule has 1 aliphatic heterocycles. The van der Waals surface area contributed by atoms with Crippen LogP contribution in [0, 0.1) is 0 Å². The lowest BCUT2D eigenvalue weighted by Gasteiger charge is -2.35. The molecule has 0 unspecified atom stereocenters. The minimum atomic E-state index is 0.214. The summed E-state index contributed by atoms with van der Waals surface area (Å²) in [5.41, 5.74) is 2.04. The molecule has 2 aromatic heterocycles. The van der Waals surface area contributed by atoms with Crippen molar-refractivity contribution in [1.29, 1.82) is 0 Å². The molecule has 0 radical (unpaired) electrons. The molecule has 0 N–H and O–H groups in total. The number of hydrogen-bond donors (Lipinski definition) is 0. The number of rotatable bonds is 4. The molecule has 20 heavy (non-hydrogen) atoms. The zero-order valence-electron chi connectivity index (χ0n) is 11.2. The molecule has 0 amide bonds. The van der Waals surface area contributed by atoms with Crippen LogP contribution in [0.3, 0.4) is 0 Å². The molecule has 0 aliphatic carbocycles. The summed E-state index contributed by atoms with van der Waals surface area (Å²) in [6.07, 6.45) is 2.55. The number of likely N-dealkylation sites (N-methyl/N-ethyl adjacent to an activating group) is 1. The maximum Gasteiger partial charge on any atom is 0.214 e. The number of nitrogens with zero attached hydrogens (tertiary/aromatic N) is 3. The van der Waals surface area contributed by atoms with Crippen LogP contribution in [0.2, 0.25) is 0 Å². The number of aromatic nitrogens is 2. The molecule has 5 nitrogen and oxygen atoms in total. The minimum Gasteiger partial charge on any atom is -0.472 e. The lowest BCUT2D eigenvalue weighted by atomic mass is 10.1. The van der Waals surface area contributed by atoms with Crippen LogP contribution < -0.4 is 4.74 Å². The average molecular weight is 269 g/mol. The predicted octanol–water partition coefficient (Wildman–Crippen LogP) is 1.65. The van der Waals surface area contributed by atoms with Crippen LogP contribution in [0.1, 0.15) is 10.5 Å². The Labute approximate surface area is 117 Å². The summed E-state index contributed by atoms with van der Waals surface area (Å²) >= 11 is 0. The first-order valence-electron chi connectivity index (χ1n) is 6.48. The highest BCUT2D eigenvalue weighted by molar-refractivity contribution is 5.75. The molecule has 0 spiro atoms. The van der Waals surface area contributed by atoms with Gasteiger partial charge in [0.15, 0.2) is 6.29 Å². The van der Waals surface area contributed by atoms with Crippen molar-refractivity contribution in [2.75, 3.05) is 20.1 Å². The van der Waals surface area contributed by atoms with Gasteiger partial charge in [-0.15, -0.1) is 0 Å². The van der Waals surface area contributed by atoms with Gasteiger partial charge in [0, 0.05) is 30.9 Å². The van der Waals surface area contributed by atoms with Crippen LogP contribution in [0.5, 0.6) is 5.88 Å². The van der Waals surface area contributed by atoms with Gasteiger partial charge in [-0.05, 0) is 25.2 Å². The van der Waals surface area contributed by atoms with Crippen molar-refractivity contribution in [2.24, 2.45) is 0 Å². The first kappa shape index (κ1) is 12.7. The Bertz CT molecular complexity index is 624. The molecule has 1 fully saturated rings. The number of hydrogen-bond acceptors (Lipinski definition) is 5. The van der Waals surface area contributed by atoms with E-state index in [0.29, 0.717) is 11.6 Å². The number of carbonyl (C=O) groups excluding carboxylic acids is 1. The Morgan fingerprint density at radius 2 is 2.20 bits per heavy atom. The molecular formula is C15H15N3O2. The fourth-order valence-electron chi connectivity index (χ4n) is 2.20.